The fraction of sp³-hybridized carbons (Fsp3) is 0.385. The summed E-state index contributed by atoms with van der Waals surface area (Å²) in [6.07, 6.45) is 0.816. The molecule has 178 valence electrons. The molecule has 1 aromatic heterocycles. The third-order valence-electron chi connectivity index (χ3n) is 6.54. The van der Waals surface area contributed by atoms with Crippen molar-refractivity contribution < 1.29 is 23.6 Å². The molecule has 0 bridgehead atoms. The van der Waals surface area contributed by atoms with Crippen molar-refractivity contribution in [1.82, 2.24) is 4.90 Å². The van der Waals surface area contributed by atoms with E-state index < -0.39 is 6.04 Å². The molecule has 1 saturated heterocycles. The standard InChI is InChI=1S/C26H27ClN2O5/c1-2-33-19-6-3-5-17(15-19)23-22-24(30)20-16-18(27)7-8-21(20)34-25(22)26(31)29(23)10-4-9-28-11-13-32-14-12-28/h3,5-8,15-16,23H,2,4,9-14H2,1H3/p+1/t23-/m0/s1. The molecule has 0 spiro atoms. The number of morpholine rings is 1. The van der Waals surface area contributed by atoms with Gasteiger partial charge in [0, 0.05) is 18.0 Å². The van der Waals surface area contributed by atoms with E-state index in [9.17, 15) is 9.59 Å². The van der Waals surface area contributed by atoms with Gasteiger partial charge < -0.3 is 23.7 Å². The number of rotatable bonds is 7. The Labute approximate surface area is 202 Å². The fourth-order valence-corrected chi connectivity index (χ4v) is 5.09. The molecule has 0 radical (unpaired) electrons. The van der Waals surface area contributed by atoms with Crippen LogP contribution in [0.4, 0.5) is 0 Å². The predicted octanol–water partition coefficient (Wildman–Crippen LogP) is 2.70. The molecule has 2 aromatic carbocycles. The Bertz CT molecular complexity index is 1270. The maximum Gasteiger partial charge on any atom is 0.290 e. The Balaban J connectivity index is 1.54. The zero-order chi connectivity index (χ0) is 23.7. The maximum atomic E-state index is 13.6. The minimum absolute atomic E-state index is 0.116. The number of ether oxygens (including phenoxy) is 2. The minimum atomic E-state index is -0.540. The van der Waals surface area contributed by atoms with Crippen molar-refractivity contribution >= 4 is 28.5 Å². The van der Waals surface area contributed by atoms with Crippen LogP contribution in [0.1, 0.15) is 41.1 Å². The highest BCUT2D eigenvalue weighted by Crippen LogP contribution is 2.39. The van der Waals surface area contributed by atoms with Gasteiger partial charge in [0.05, 0.1) is 43.4 Å². The number of hydrogen-bond donors (Lipinski definition) is 1. The normalized spacial score (nSPS) is 18.5. The lowest BCUT2D eigenvalue weighted by Gasteiger charge is -2.27. The van der Waals surface area contributed by atoms with Crippen molar-refractivity contribution in [2.75, 3.05) is 46.0 Å². The van der Waals surface area contributed by atoms with Gasteiger partial charge >= 0.3 is 0 Å². The highest BCUT2D eigenvalue weighted by Gasteiger charge is 2.42. The topological polar surface area (TPSA) is 73.4 Å². The van der Waals surface area contributed by atoms with E-state index in [1.807, 2.05) is 31.2 Å². The predicted molar refractivity (Wildman–Crippen MR) is 129 cm³/mol. The zero-order valence-electron chi connectivity index (χ0n) is 19.1. The average molecular weight is 484 g/mol. The van der Waals surface area contributed by atoms with Crippen LogP contribution in [0.15, 0.2) is 51.7 Å². The van der Waals surface area contributed by atoms with E-state index in [0.717, 1.165) is 44.8 Å². The Kier molecular flexibility index (Phi) is 6.59. The first-order chi connectivity index (χ1) is 16.6. The molecule has 3 heterocycles. The zero-order valence-corrected chi connectivity index (χ0v) is 19.9. The summed E-state index contributed by atoms with van der Waals surface area (Å²) in [5.74, 6) is 0.560. The van der Waals surface area contributed by atoms with E-state index in [2.05, 4.69) is 0 Å². The second-order valence-electron chi connectivity index (χ2n) is 8.69. The number of nitrogens with one attached hydrogen (secondary N) is 1. The third-order valence-corrected chi connectivity index (χ3v) is 6.78. The molecule has 2 aliphatic rings. The van der Waals surface area contributed by atoms with Crippen LogP contribution in [-0.4, -0.2) is 56.8 Å². The fourth-order valence-electron chi connectivity index (χ4n) is 4.92. The molecular formula is C26H28ClN2O5+. The highest BCUT2D eigenvalue weighted by molar-refractivity contribution is 6.31. The number of quaternary nitrogens is 1. The number of amides is 1. The molecule has 0 unspecified atom stereocenters. The molecule has 3 aromatic rings. The summed E-state index contributed by atoms with van der Waals surface area (Å²) in [4.78, 5) is 30.4. The lowest BCUT2D eigenvalue weighted by Crippen LogP contribution is -3.14. The lowest BCUT2D eigenvalue weighted by atomic mass is 9.98. The van der Waals surface area contributed by atoms with Crippen molar-refractivity contribution in [3.05, 3.63) is 74.6 Å². The molecule has 2 aliphatic heterocycles. The largest absolute Gasteiger partial charge is 0.494 e. The monoisotopic (exact) mass is 483 g/mol. The first kappa shape index (κ1) is 22.9. The van der Waals surface area contributed by atoms with E-state index >= 15 is 0 Å². The Morgan fingerprint density at radius 2 is 1.97 bits per heavy atom. The number of fused-ring (bicyclic) bond motifs is 2. The van der Waals surface area contributed by atoms with E-state index in [4.69, 9.17) is 25.5 Å². The smallest absolute Gasteiger partial charge is 0.290 e. The summed E-state index contributed by atoms with van der Waals surface area (Å²) in [6, 6.07) is 12.0. The van der Waals surface area contributed by atoms with Crippen LogP contribution >= 0.6 is 11.6 Å². The number of carbonyl (C=O) groups is 1. The van der Waals surface area contributed by atoms with Crippen molar-refractivity contribution in [3.8, 4) is 5.75 Å². The van der Waals surface area contributed by atoms with Gasteiger partial charge in [0.25, 0.3) is 5.91 Å². The average Bonchev–Trinajstić information content (AvgIpc) is 3.13. The van der Waals surface area contributed by atoms with Crippen LogP contribution < -0.4 is 15.1 Å². The second kappa shape index (κ2) is 9.78. The van der Waals surface area contributed by atoms with Gasteiger partial charge in [-0.25, -0.2) is 0 Å². The van der Waals surface area contributed by atoms with Gasteiger partial charge in [0.15, 0.2) is 5.43 Å². The minimum Gasteiger partial charge on any atom is -0.494 e. The molecular weight excluding hydrogens is 456 g/mol. The number of halogens is 1. The molecule has 7 nitrogen and oxygen atoms in total. The first-order valence-electron chi connectivity index (χ1n) is 11.8. The van der Waals surface area contributed by atoms with Crippen molar-refractivity contribution in [2.45, 2.75) is 19.4 Å². The number of nitrogens with zero attached hydrogens (tertiary/aromatic N) is 1. The molecule has 1 N–H and O–H groups in total. The molecule has 1 fully saturated rings. The van der Waals surface area contributed by atoms with Gasteiger partial charge in [0.1, 0.15) is 24.4 Å². The number of hydrogen-bond acceptors (Lipinski definition) is 5. The molecule has 1 amide bonds. The van der Waals surface area contributed by atoms with Gasteiger partial charge in [0.2, 0.25) is 5.76 Å². The summed E-state index contributed by atoms with van der Waals surface area (Å²) in [6.45, 7) is 7.39. The summed E-state index contributed by atoms with van der Waals surface area (Å²) >= 11 is 6.16. The van der Waals surface area contributed by atoms with Gasteiger partial charge in [-0.15, -0.1) is 0 Å². The van der Waals surface area contributed by atoms with Crippen LogP contribution in [0.25, 0.3) is 11.0 Å². The van der Waals surface area contributed by atoms with Crippen LogP contribution in [0.5, 0.6) is 5.75 Å². The van der Waals surface area contributed by atoms with Crippen LogP contribution in [0, 0.1) is 0 Å². The quantitative estimate of drug-likeness (QED) is 0.559. The molecule has 0 saturated carbocycles. The Morgan fingerprint density at radius 1 is 1.15 bits per heavy atom. The number of carbonyl (C=O) groups excluding carboxylic acids is 1. The molecule has 1 atom stereocenters. The maximum absolute atomic E-state index is 13.6. The lowest BCUT2D eigenvalue weighted by molar-refractivity contribution is -0.908. The van der Waals surface area contributed by atoms with Crippen LogP contribution in [0.3, 0.4) is 0 Å². The highest BCUT2D eigenvalue weighted by atomic mass is 35.5. The van der Waals surface area contributed by atoms with E-state index in [0.29, 0.717) is 40.5 Å². The molecule has 34 heavy (non-hydrogen) atoms. The Morgan fingerprint density at radius 3 is 2.76 bits per heavy atom. The Hall–Kier alpha value is -2.87. The molecule has 8 heteroatoms. The molecule has 0 aliphatic carbocycles. The first-order valence-corrected chi connectivity index (χ1v) is 12.2. The van der Waals surface area contributed by atoms with Gasteiger partial charge in [-0.1, -0.05) is 23.7 Å². The summed E-state index contributed by atoms with van der Waals surface area (Å²) in [5.41, 5.74) is 1.33. The van der Waals surface area contributed by atoms with Crippen LogP contribution in [0.2, 0.25) is 5.02 Å². The van der Waals surface area contributed by atoms with E-state index in [1.54, 1.807) is 23.1 Å². The van der Waals surface area contributed by atoms with Gasteiger partial charge in [-0.05, 0) is 42.8 Å². The third kappa shape index (κ3) is 4.31. The van der Waals surface area contributed by atoms with Crippen molar-refractivity contribution in [3.63, 3.8) is 0 Å². The summed E-state index contributed by atoms with van der Waals surface area (Å²) < 4.78 is 17.2. The van der Waals surface area contributed by atoms with Crippen molar-refractivity contribution in [1.29, 1.82) is 0 Å². The number of benzene rings is 2. The molecule has 5 rings (SSSR count). The van der Waals surface area contributed by atoms with Gasteiger partial charge in [-0.2, -0.15) is 0 Å². The van der Waals surface area contributed by atoms with Gasteiger partial charge in [-0.3, -0.25) is 9.59 Å². The van der Waals surface area contributed by atoms with E-state index in [1.165, 1.54) is 4.90 Å². The summed E-state index contributed by atoms with van der Waals surface area (Å²) in [7, 11) is 0. The SMILES string of the molecule is CCOc1cccc([C@H]2c3c(oc4ccc(Cl)cc4c3=O)C(=O)N2CCC[NH+]2CCOCC2)c1. The van der Waals surface area contributed by atoms with Crippen molar-refractivity contribution in [2.24, 2.45) is 0 Å². The summed E-state index contributed by atoms with van der Waals surface area (Å²) in [5, 5.41) is 0.828. The second-order valence-corrected chi connectivity index (χ2v) is 9.12. The van der Waals surface area contributed by atoms with E-state index in [-0.39, 0.29) is 17.1 Å². The van der Waals surface area contributed by atoms with Crippen LogP contribution in [-0.2, 0) is 4.74 Å².